The van der Waals surface area contributed by atoms with Crippen LogP contribution >= 0.6 is 0 Å². The van der Waals surface area contributed by atoms with Crippen LogP contribution in [-0.4, -0.2) is 89.9 Å². The zero-order chi connectivity index (χ0) is 25.9. The SMILES string of the molecule is Oc1ccccc1C=NCCNCCN1CCN(CCN=Cc2ccccc2O)[C@H]1c1ccccc1O. The molecule has 1 aliphatic rings. The van der Waals surface area contributed by atoms with Gasteiger partial charge in [0, 0.05) is 68.4 Å². The van der Waals surface area contributed by atoms with Gasteiger partial charge in [0.15, 0.2) is 0 Å². The zero-order valence-electron chi connectivity index (χ0n) is 20.9. The van der Waals surface area contributed by atoms with E-state index in [1.54, 1.807) is 42.8 Å². The van der Waals surface area contributed by atoms with Crippen molar-refractivity contribution in [3.8, 4) is 17.2 Å². The number of phenols is 3. The van der Waals surface area contributed by atoms with Gasteiger partial charge in [-0.05, 0) is 30.3 Å². The van der Waals surface area contributed by atoms with Crippen molar-refractivity contribution in [1.82, 2.24) is 15.1 Å². The van der Waals surface area contributed by atoms with Crippen LogP contribution in [-0.2, 0) is 0 Å². The maximum atomic E-state index is 10.6. The fourth-order valence-corrected chi connectivity index (χ4v) is 4.50. The van der Waals surface area contributed by atoms with Gasteiger partial charge in [-0.15, -0.1) is 0 Å². The van der Waals surface area contributed by atoms with Crippen LogP contribution in [0, 0.1) is 0 Å². The molecule has 1 saturated heterocycles. The summed E-state index contributed by atoms with van der Waals surface area (Å²) < 4.78 is 0. The largest absolute Gasteiger partial charge is 0.508 e. The molecule has 1 atom stereocenters. The van der Waals surface area contributed by atoms with Gasteiger partial charge in [-0.1, -0.05) is 42.5 Å². The summed E-state index contributed by atoms with van der Waals surface area (Å²) in [7, 11) is 0. The maximum absolute atomic E-state index is 10.6. The van der Waals surface area contributed by atoms with Crippen molar-refractivity contribution in [1.29, 1.82) is 0 Å². The first-order valence-electron chi connectivity index (χ1n) is 12.7. The first-order valence-corrected chi connectivity index (χ1v) is 12.7. The Balaban J connectivity index is 1.28. The van der Waals surface area contributed by atoms with Gasteiger partial charge >= 0.3 is 0 Å². The van der Waals surface area contributed by atoms with Crippen molar-refractivity contribution in [2.24, 2.45) is 9.98 Å². The molecule has 8 nitrogen and oxygen atoms in total. The molecule has 0 saturated carbocycles. The van der Waals surface area contributed by atoms with Gasteiger partial charge < -0.3 is 20.6 Å². The molecule has 8 heteroatoms. The van der Waals surface area contributed by atoms with E-state index >= 15 is 0 Å². The molecule has 0 aliphatic carbocycles. The molecule has 0 unspecified atom stereocenters. The van der Waals surface area contributed by atoms with E-state index in [1.807, 2.05) is 42.5 Å². The van der Waals surface area contributed by atoms with Crippen molar-refractivity contribution < 1.29 is 15.3 Å². The van der Waals surface area contributed by atoms with Gasteiger partial charge in [0.05, 0.1) is 19.3 Å². The molecule has 1 aliphatic heterocycles. The average molecular weight is 502 g/mol. The quantitative estimate of drug-likeness (QED) is 0.224. The molecule has 4 N–H and O–H groups in total. The fourth-order valence-electron chi connectivity index (χ4n) is 4.50. The normalized spacial score (nSPS) is 16.8. The highest BCUT2D eigenvalue weighted by Crippen LogP contribution is 2.34. The summed E-state index contributed by atoms with van der Waals surface area (Å²) in [5.74, 6) is 0.757. The lowest BCUT2D eigenvalue weighted by molar-refractivity contribution is 0.138. The number of aliphatic imine (C=N–C) groups is 2. The van der Waals surface area contributed by atoms with Crippen LogP contribution in [0.1, 0.15) is 22.9 Å². The molecule has 194 valence electrons. The molecule has 0 bridgehead atoms. The van der Waals surface area contributed by atoms with E-state index in [4.69, 9.17) is 0 Å². The molecule has 4 rings (SSSR count). The Kier molecular flexibility index (Phi) is 9.65. The van der Waals surface area contributed by atoms with Crippen molar-refractivity contribution in [3.05, 3.63) is 89.5 Å². The molecule has 0 aromatic heterocycles. The lowest BCUT2D eigenvalue weighted by Crippen LogP contribution is -2.36. The third-order valence-electron chi connectivity index (χ3n) is 6.43. The van der Waals surface area contributed by atoms with E-state index in [0.29, 0.717) is 24.4 Å². The minimum absolute atomic E-state index is 0.0256. The van der Waals surface area contributed by atoms with E-state index in [0.717, 1.165) is 50.4 Å². The summed E-state index contributed by atoms with van der Waals surface area (Å²) in [5.41, 5.74) is 2.32. The predicted molar refractivity (Wildman–Crippen MR) is 148 cm³/mol. The number of para-hydroxylation sites is 3. The van der Waals surface area contributed by atoms with Gasteiger partial charge in [-0.3, -0.25) is 19.8 Å². The van der Waals surface area contributed by atoms with Crippen LogP contribution in [0.15, 0.2) is 82.8 Å². The smallest absolute Gasteiger partial charge is 0.124 e. The van der Waals surface area contributed by atoms with Crippen LogP contribution in [0.3, 0.4) is 0 Å². The first kappa shape index (κ1) is 26.3. The Labute approximate surface area is 218 Å². The summed E-state index contributed by atoms with van der Waals surface area (Å²) in [6.07, 6.45) is 3.39. The van der Waals surface area contributed by atoms with Gasteiger partial charge in [-0.2, -0.15) is 0 Å². The monoisotopic (exact) mass is 501 g/mol. The molecule has 0 spiro atoms. The Hall–Kier alpha value is -3.72. The standard InChI is InChI=1S/C29H35N5O3/c35-26-10-4-1-7-23(26)21-31-14-13-30-15-17-33-19-20-34(29(33)25-9-3-6-12-28(25)37)18-16-32-22-24-8-2-5-11-27(24)36/h1-12,21-22,29-30,35-37H,13-20H2/t29-/m0/s1. The molecule has 3 aromatic carbocycles. The third-order valence-corrected chi connectivity index (χ3v) is 6.43. The minimum Gasteiger partial charge on any atom is -0.508 e. The summed E-state index contributed by atoms with van der Waals surface area (Å²) in [5, 5.41) is 33.8. The van der Waals surface area contributed by atoms with Gasteiger partial charge in [0.2, 0.25) is 0 Å². The summed E-state index contributed by atoms with van der Waals surface area (Å²) in [6, 6.07) is 21.8. The minimum atomic E-state index is -0.0256. The Morgan fingerprint density at radius 2 is 1.22 bits per heavy atom. The molecule has 0 radical (unpaired) electrons. The van der Waals surface area contributed by atoms with Crippen LogP contribution in [0.5, 0.6) is 17.2 Å². The maximum Gasteiger partial charge on any atom is 0.124 e. The predicted octanol–water partition coefficient (Wildman–Crippen LogP) is 3.25. The Morgan fingerprint density at radius 1 is 0.676 bits per heavy atom. The fraction of sp³-hybridized carbons (Fsp3) is 0.310. The number of phenolic OH excluding ortho intramolecular Hbond substituents is 3. The molecule has 3 aromatic rings. The molecule has 1 heterocycles. The van der Waals surface area contributed by atoms with Gasteiger partial charge in [-0.25, -0.2) is 0 Å². The van der Waals surface area contributed by atoms with E-state index < -0.39 is 0 Å². The lowest BCUT2D eigenvalue weighted by Gasteiger charge is -2.31. The Morgan fingerprint density at radius 3 is 1.84 bits per heavy atom. The molecular formula is C29H35N5O3. The highest BCUT2D eigenvalue weighted by Gasteiger charge is 2.33. The first-order chi connectivity index (χ1) is 18.1. The highest BCUT2D eigenvalue weighted by atomic mass is 16.3. The van der Waals surface area contributed by atoms with Gasteiger partial charge in [0.1, 0.15) is 17.2 Å². The van der Waals surface area contributed by atoms with Crippen molar-refractivity contribution >= 4 is 12.4 Å². The second-order valence-electron chi connectivity index (χ2n) is 8.94. The summed E-state index contributed by atoms with van der Waals surface area (Å²) in [4.78, 5) is 13.6. The summed E-state index contributed by atoms with van der Waals surface area (Å²) >= 11 is 0. The average Bonchev–Trinajstić information content (AvgIpc) is 3.30. The topological polar surface area (TPSA) is 104 Å². The van der Waals surface area contributed by atoms with E-state index in [-0.39, 0.29) is 17.7 Å². The third kappa shape index (κ3) is 7.39. The molecular weight excluding hydrogens is 466 g/mol. The number of rotatable bonds is 12. The van der Waals surface area contributed by atoms with Crippen LogP contribution in [0.25, 0.3) is 0 Å². The second kappa shape index (κ2) is 13.5. The van der Waals surface area contributed by atoms with Crippen LogP contribution in [0.2, 0.25) is 0 Å². The molecule has 1 fully saturated rings. The second-order valence-corrected chi connectivity index (χ2v) is 8.94. The number of nitrogens with one attached hydrogen (secondary N) is 1. The lowest BCUT2D eigenvalue weighted by atomic mass is 10.1. The van der Waals surface area contributed by atoms with Crippen molar-refractivity contribution in [2.45, 2.75) is 6.17 Å². The van der Waals surface area contributed by atoms with Gasteiger partial charge in [0.25, 0.3) is 0 Å². The zero-order valence-corrected chi connectivity index (χ0v) is 20.9. The number of benzene rings is 3. The highest BCUT2D eigenvalue weighted by molar-refractivity contribution is 5.83. The number of aromatic hydroxyl groups is 3. The van der Waals surface area contributed by atoms with E-state index in [9.17, 15) is 15.3 Å². The van der Waals surface area contributed by atoms with Crippen molar-refractivity contribution in [3.63, 3.8) is 0 Å². The number of hydrogen-bond acceptors (Lipinski definition) is 8. The molecule has 37 heavy (non-hydrogen) atoms. The Bertz CT molecular complexity index is 1200. The summed E-state index contributed by atoms with van der Waals surface area (Å²) in [6.45, 7) is 6.12. The van der Waals surface area contributed by atoms with Crippen molar-refractivity contribution in [2.75, 3.05) is 52.4 Å². The van der Waals surface area contributed by atoms with E-state index in [1.165, 1.54) is 0 Å². The van der Waals surface area contributed by atoms with Crippen LogP contribution < -0.4 is 5.32 Å². The van der Waals surface area contributed by atoms with E-state index in [2.05, 4.69) is 25.1 Å². The van der Waals surface area contributed by atoms with Crippen LogP contribution in [0.4, 0.5) is 0 Å². The molecule has 0 amide bonds. The number of hydrogen-bond donors (Lipinski definition) is 4. The number of nitrogens with zero attached hydrogens (tertiary/aromatic N) is 4.